The van der Waals surface area contributed by atoms with E-state index in [1.807, 2.05) is 6.92 Å². The molecule has 0 rings (SSSR count). The van der Waals surface area contributed by atoms with Crippen LogP contribution >= 0.6 is 8.38 Å². The van der Waals surface area contributed by atoms with Crippen LogP contribution in [0.25, 0.3) is 0 Å². The highest BCUT2D eigenvalue weighted by atomic mass is 31.2. The van der Waals surface area contributed by atoms with E-state index in [-0.39, 0.29) is 0 Å². The van der Waals surface area contributed by atoms with E-state index in [2.05, 4.69) is 4.74 Å². The zero-order valence-corrected chi connectivity index (χ0v) is 5.51. The van der Waals surface area contributed by atoms with Gasteiger partial charge in [0, 0.05) is 5.82 Å². The molecule has 0 bridgehead atoms. The summed E-state index contributed by atoms with van der Waals surface area (Å²) in [5.74, 6) is 1.21. The summed E-state index contributed by atoms with van der Waals surface area (Å²) in [5, 5.41) is 0. The average molecular weight is 136 g/mol. The van der Waals surface area contributed by atoms with Gasteiger partial charge in [0.1, 0.15) is 0 Å². The van der Waals surface area contributed by atoms with Gasteiger partial charge in [-0.2, -0.15) is 0 Å². The molecule has 0 heterocycles. The molecule has 0 unspecified atom stereocenters. The Morgan fingerprint density at radius 2 is 2.25 bits per heavy atom. The van der Waals surface area contributed by atoms with Crippen LogP contribution in [0.15, 0.2) is 12.1 Å². The van der Waals surface area contributed by atoms with Crippen molar-refractivity contribution in [2.75, 3.05) is 6.61 Å². The third-order valence-corrected chi connectivity index (χ3v) is 0.845. The van der Waals surface area contributed by atoms with Crippen LogP contribution in [0.3, 0.4) is 0 Å². The normalized spacial score (nSPS) is 11.0. The minimum atomic E-state index is -1.92. The second kappa shape index (κ2) is 5.04. The van der Waals surface area contributed by atoms with E-state index < -0.39 is 8.38 Å². The number of hydrogen-bond donors (Lipinski definition) is 2. The van der Waals surface area contributed by atoms with Gasteiger partial charge in [0.05, 0.1) is 12.9 Å². The molecule has 48 valence electrons. The minimum absolute atomic E-state index is 0.555. The van der Waals surface area contributed by atoms with Crippen molar-refractivity contribution in [1.82, 2.24) is 0 Å². The maximum absolute atomic E-state index is 8.23. The van der Waals surface area contributed by atoms with Gasteiger partial charge in [0.15, 0.2) is 8.38 Å². The second-order valence-electron chi connectivity index (χ2n) is 1.06. The van der Waals surface area contributed by atoms with Crippen LogP contribution in [0, 0.1) is 0 Å². The van der Waals surface area contributed by atoms with Gasteiger partial charge in [-0.25, -0.2) is 0 Å². The summed E-state index contributed by atoms with van der Waals surface area (Å²) in [5.41, 5.74) is 0. The summed E-state index contributed by atoms with van der Waals surface area (Å²) in [6, 6.07) is 0. The van der Waals surface area contributed by atoms with E-state index in [9.17, 15) is 0 Å². The van der Waals surface area contributed by atoms with Gasteiger partial charge >= 0.3 is 0 Å². The largest absolute Gasteiger partial charge is 0.501 e. The molecule has 8 heavy (non-hydrogen) atoms. The number of rotatable bonds is 3. The fourth-order valence-corrected chi connectivity index (χ4v) is 0.389. The van der Waals surface area contributed by atoms with Crippen LogP contribution in [0.2, 0.25) is 0 Å². The van der Waals surface area contributed by atoms with E-state index in [1.54, 1.807) is 0 Å². The molecule has 4 heteroatoms. The van der Waals surface area contributed by atoms with Crippen molar-refractivity contribution in [1.29, 1.82) is 0 Å². The Bertz CT molecular complexity index is 71.7. The van der Waals surface area contributed by atoms with Crippen molar-refractivity contribution in [3.05, 3.63) is 12.1 Å². The molecule has 0 aromatic carbocycles. The maximum Gasteiger partial charge on any atom is 0.194 e. The molecule has 0 aliphatic rings. The standard InChI is InChI=1S/C4H9O3P/c1-2-7-3-4-8(5)6/h3-6H,2H2,1H3. The van der Waals surface area contributed by atoms with E-state index in [0.29, 0.717) is 6.61 Å². The molecule has 0 saturated carbocycles. The summed E-state index contributed by atoms with van der Waals surface area (Å²) in [6.45, 7) is 2.38. The molecule has 0 atom stereocenters. The highest BCUT2D eigenvalue weighted by molar-refractivity contribution is 7.48. The third kappa shape index (κ3) is 5.89. The Balaban J connectivity index is 3.07. The lowest BCUT2D eigenvalue weighted by Gasteiger charge is -1.92. The van der Waals surface area contributed by atoms with Crippen molar-refractivity contribution in [2.45, 2.75) is 6.92 Å². The zero-order chi connectivity index (χ0) is 6.41. The monoisotopic (exact) mass is 136 g/mol. The van der Waals surface area contributed by atoms with Gasteiger partial charge in [-0.3, -0.25) is 0 Å². The highest BCUT2D eigenvalue weighted by Crippen LogP contribution is 2.23. The minimum Gasteiger partial charge on any atom is -0.501 e. The Kier molecular flexibility index (Phi) is 4.97. The van der Waals surface area contributed by atoms with Crippen LogP contribution in [0.4, 0.5) is 0 Å². The molecule has 0 aliphatic carbocycles. The molecule has 0 aromatic heterocycles. The molecule has 0 saturated heterocycles. The quantitative estimate of drug-likeness (QED) is 0.445. The maximum atomic E-state index is 8.23. The average Bonchev–Trinajstić information content (AvgIpc) is 1.66. The number of hydrogen-bond acceptors (Lipinski definition) is 3. The van der Waals surface area contributed by atoms with Crippen molar-refractivity contribution < 1.29 is 14.5 Å². The van der Waals surface area contributed by atoms with Crippen molar-refractivity contribution in [3.63, 3.8) is 0 Å². The SMILES string of the molecule is CCOC=CP(O)O. The van der Waals surface area contributed by atoms with Gasteiger partial charge < -0.3 is 14.5 Å². The predicted octanol–water partition coefficient (Wildman–Crippen LogP) is 0.791. The van der Waals surface area contributed by atoms with Crippen molar-refractivity contribution in [2.24, 2.45) is 0 Å². The van der Waals surface area contributed by atoms with Crippen LogP contribution in [-0.2, 0) is 4.74 Å². The summed E-state index contributed by atoms with van der Waals surface area (Å²) in [4.78, 5) is 16.5. The Labute approximate surface area is 49.5 Å². The van der Waals surface area contributed by atoms with Gasteiger partial charge in [-0.15, -0.1) is 0 Å². The number of ether oxygens (including phenoxy) is 1. The molecule has 0 aliphatic heterocycles. The van der Waals surface area contributed by atoms with E-state index >= 15 is 0 Å². The van der Waals surface area contributed by atoms with Crippen molar-refractivity contribution in [3.8, 4) is 0 Å². The molecular weight excluding hydrogens is 127 g/mol. The fourth-order valence-electron chi connectivity index (χ4n) is 0.194. The lowest BCUT2D eigenvalue weighted by Crippen LogP contribution is -1.75. The van der Waals surface area contributed by atoms with Gasteiger partial charge in [0.2, 0.25) is 0 Å². The molecule has 0 radical (unpaired) electrons. The van der Waals surface area contributed by atoms with E-state index in [0.717, 1.165) is 0 Å². The van der Waals surface area contributed by atoms with Gasteiger partial charge in [-0.1, -0.05) is 0 Å². The summed E-state index contributed by atoms with van der Waals surface area (Å²) in [7, 11) is -1.92. The first-order chi connectivity index (χ1) is 3.77. The summed E-state index contributed by atoms with van der Waals surface area (Å²) in [6.07, 6.45) is 1.28. The van der Waals surface area contributed by atoms with Crippen LogP contribution in [0.5, 0.6) is 0 Å². The lowest BCUT2D eigenvalue weighted by atomic mass is 10.9. The topological polar surface area (TPSA) is 49.7 Å². The van der Waals surface area contributed by atoms with Crippen LogP contribution in [-0.4, -0.2) is 16.4 Å². The van der Waals surface area contributed by atoms with E-state index in [4.69, 9.17) is 9.79 Å². The first-order valence-corrected chi connectivity index (χ1v) is 3.54. The Morgan fingerprint density at radius 1 is 1.62 bits per heavy atom. The molecule has 0 fully saturated rings. The van der Waals surface area contributed by atoms with E-state index in [1.165, 1.54) is 12.1 Å². The van der Waals surface area contributed by atoms with Crippen molar-refractivity contribution >= 4 is 8.38 Å². The molecule has 2 N–H and O–H groups in total. The molecule has 0 spiro atoms. The molecule has 0 aromatic rings. The summed E-state index contributed by atoms with van der Waals surface area (Å²) < 4.78 is 4.66. The second-order valence-corrected chi connectivity index (χ2v) is 2.00. The Hall–Kier alpha value is -0.110. The summed E-state index contributed by atoms with van der Waals surface area (Å²) >= 11 is 0. The van der Waals surface area contributed by atoms with Crippen LogP contribution in [0.1, 0.15) is 6.92 Å². The smallest absolute Gasteiger partial charge is 0.194 e. The van der Waals surface area contributed by atoms with Crippen LogP contribution < -0.4 is 0 Å². The zero-order valence-electron chi connectivity index (χ0n) is 4.61. The highest BCUT2D eigenvalue weighted by Gasteiger charge is 1.85. The molecule has 0 amide bonds. The Morgan fingerprint density at radius 3 is 2.62 bits per heavy atom. The first-order valence-electron chi connectivity index (χ1n) is 2.22. The van der Waals surface area contributed by atoms with Gasteiger partial charge in [0.25, 0.3) is 0 Å². The predicted molar refractivity (Wildman–Crippen MR) is 32.1 cm³/mol. The first kappa shape index (κ1) is 7.89. The van der Waals surface area contributed by atoms with Gasteiger partial charge in [-0.05, 0) is 6.92 Å². The lowest BCUT2D eigenvalue weighted by molar-refractivity contribution is 0.269. The fraction of sp³-hybridized carbons (Fsp3) is 0.500. The molecular formula is C4H9O3P. The third-order valence-electron chi connectivity index (χ3n) is 0.457. The molecule has 3 nitrogen and oxygen atoms in total.